The smallest absolute Gasteiger partial charge is 0.237 e. The molecule has 0 radical (unpaired) electrons. The lowest BCUT2D eigenvalue weighted by Crippen LogP contribution is -2.47. The number of hydrogen-bond acceptors (Lipinski definition) is 2. The van der Waals surface area contributed by atoms with Gasteiger partial charge >= 0.3 is 0 Å². The second-order valence-corrected chi connectivity index (χ2v) is 6.44. The first-order chi connectivity index (χ1) is 10.1. The Labute approximate surface area is 132 Å². The minimum absolute atomic E-state index is 0.0997. The van der Waals surface area contributed by atoms with Gasteiger partial charge in [0.05, 0.1) is 6.04 Å². The molecule has 0 aliphatic heterocycles. The summed E-state index contributed by atoms with van der Waals surface area (Å²) in [6.45, 7) is 3.98. The number of halogens is 1. The lowest BCUT2D eigenvalue weighted by Gasteiger charge is -2.26. The van der Waals surface area contributed by atoms with E-state index in [0.717, 1.165) is 23.4 Å². The first-order valence-electron chi connectivity index (χ1n) is 7.88. The lowest BCUT2D eigenvalue weighted by atomic mass is 9.95. The standard InChI is InChI=1S/C17H25ClN2O/c1-12(14-8-10-15(18)11-9-14)19-13(2)17(21)20-16-6-4-3-5-7-16/h8-13,16,19H,3-7H2,1-2H3,(H,20,21)/t12-,13?/m0/s1. The predicted octanol–water partition coefficient (Wildman–Crippen LogP) is 3.83. The SMILES string of the molecule is CC(N[C@@H](C)c1ccc(Cl)cc1)C(=O)NC1CCCCC1. The van der Waals surface area contributed by atoms with Crippen molar-refractivity contribution in [2.24, 2.45) is 0 Å². The van der Waals surface area contributed by atoms with Crippen molar-refractivity contribution in [2.75, 3.05) is 0 Å². The molecule has 1 fully saturated rings. The highest BCUT2D eigenvalue weighted by Gasteiger charge is 2.20. The maximum atomic E-state index is 12.2. The Hall–Kier alpha value is -1.06. The molecule has 1 saturated carbocycles. The van der Waals surface area contributed by atoms with Crippen LogP contribution < -0.4 is 10.6 Å². The highest BCUT2D eigenvalue weighted by molar-refractivity contribution is 6.30. The van der Waals surface area contributed by atoms with Crippen molar-refractivity contribution in [1.29, 1.82) is 0 Å². The number of hydrogen-bond donors (Lipinski definition) is 2. The molecule has 21 heavy (non-hydrogen) atoms. The molecule has 1 aliphatic rings. The van der Waals surface area contributed by atoms with E-state index in [1.54, 1.807) is 0 Å². The van der Waals surface area contributed by atoms with Crippen LogP contribution in [0.5, 0.6) is 0 Å². The third-order valence-electron chi connectivity index (χ3n) is 4.21. The summed E-state index contributed by atoms with van der Waals surface area (Å²) in [5.41, 5.74) is 1.14. The van der Waals surface area contributed by atoms with Gasteiger partial charge in [-0.05, 0) is 44.4 Å². The van der Waals surface area contributed by atoms with Gasteiger partial charge in [0.2, 0.25) is 5.91 Å². The van der Waals surface area contributed by atoms with Crippen LogP contribution >= 0.6 is 11.6 Å². The lowest BCUT2D eigenvalue weighted by molar-refractivity contribution is -0.123. The first kappa shape index (κ1) is 16.3. The molecule has 1 aromatic carbocycles. The minimum atomic E-state index is -0.197. The quantitative estimate of drug-likeness (QED) is 0.868. The highest BCUT2D eigenvalue weighted by atomic mass is 35.5. The van der Waals surface area contributed by atoms with Crippen LogP contribution in [0.1, 0.15) is 57.6 Å². The number of benzene rings is 1. The van der Waals surface area contributed by atoms with Crippen molar-refractivity contribution in [3.8, 4) is 0 Å². The van der Waals surface area contributed by atoms with E-state index in [-0.39, 0.29) is 18.0 Å². The monoisotopic (exact) mass is 308 g/mol. The van der Waals surface area contributed by atoms with Crippen LogP contribution in [0.25, 0.3) is 0 Å². The minimum Gasteiger partial charge on any atom is -0.352 e. The van der Waals surface area contributed by atoms with Gasteiger partial charge < -0.3 is 5.32 Å². The molecule has 0 aromatic heterocycles. The van der Waals surface area contributed by atoms with E-state index in [9.17, 15) is 4.79 Å². The molecule has 1 aliphatic carbocycles. The second-order valence-electron chi connectivity index (χ2n) is 6.01. The maximum absolute atomic E-state index is 12.2. The number of rotatable bonds is 5. The summed E-state index contributed by atoms with van der Waals surface area (Å²) < 4.78 is 0. The van der Waals surface area contributed by atoms with E-state index in [2.05, 4.69) is 17.6 Å². The van der Waals surface area contributed by atoms with Crippen LogP contribution in [-0.2, 0) is 4.79 Å². The zero-order chi connectivity index (χ0) is 15.2. The Morgan fingerprint density at radius 3 is 2.38 bits per heavy atom. The number of nitrogens with one attached hydrogen (secondary N) is 2. The Kier molecular flexibility index (Phi) is 6.07. The Morgan fingerprint density at radius 1 is 1.14 bits per heavy atom. The summed E-state index contributed by atoms with van der Waals surface area (Å²) in [6, 6.07) is 8.02. The van der Waals surface area contributed by atoms with Crippen molar-refractivity contribution in [2.45, 2.75) is 64.1 Å². The van der Waals surface area contributed by atoms with E-state index >= 15 is 0 Å². The third-order valence-corrected chi connectivity index (χ3v) is 4.47. The summed E-state index contributed by atoms with van der Waals surface area (Å²) in [6.07, 6.45) is 5.99. The van der Waals surface area contributed by atoms with Crippen molar-refractivity contribution in [1.82, 2.24) is 10.6 Å². The number of carbonyl (C=O) groups excluding carboxylic acids is 1. The number of amides is 1. The average molecular weight is 309 g/mol. The molecule has 0 bridgehead atoms. The third kappa shape index (κ3) is 5.01. The summed E-state index contributed by atoms with van der Waals surface area (Å²) in [5.74, 6) is 0.0997. The van der Waals surface area contributed by atoms with E-state index < -0.39 is 0 Å². The van der Waals surface area contributed by atoms with E-state index in [1.165, 1.54) is 19.3 Å². The molecule has 0 spiro atoms. The molecule has 116 valence electrons. The van der Waals surface area contributed by atoms with E-state index in [1.807, 2.05) is 31.2 Å². The fraction of sp³-hybridized carbons (Fsp3) is 0.588. The van der Waals surface area contributed by atoms with Gasteiger partial charge in [-0.1, -0.05) is 43.0 Å². The zero-order valence-electron chi connectivity index (χ0n) is 12.9. The first-order valence-corrected chi connectivity index (χ1v) is 8.26. The Bertz CT molecular complexity index is 454. The van der Waals surface area contributed by atoms with Crippen LogP contribution in [0.4, 0.5) is 0 Å². The molecule has 3 nitrogen and oxygen atoms in total. The summed E-state index contributed by atoms with van der Waals surface area (Å²) in [7, 11) is 0. The largest absolute Gasteiger partial charge is 0.352 e. The van der Waals surface area contributed by atoms with Crippen LogP contribution in [0.2, 0.25) is 5.02 Å². The summed E-state index contributed by atoms with van der Waals surface area (Å²) in [5, 5.41) is 7.24. The summed E-state index contributed by atoms with van der Waals surface area (Å²) >= 11 is 5.90. The Morgan fingerprint density at radius 2 is 1.76 bits per heavy atom. The molecule has 2 atom stereocenters. The second kappa shape index (κ2) is 7.81. The van der Waals surface area contributed by atoms with Crippen LogP contribution in [0.3, 0.4) is 0 Å². The van der Waals surface area contributed by atoms with Gasteiger partial charge in [0.15, 0.2) is 0 Å². The molecular formula is C17H25ClN2O. The van der Waals surface area contributed by atoms with Gasteiger partial charge in [-0.2, -0.15) is 0 Å². The molecule has 2 N–H and O–H groups in total. The fourth-order valence-electron chi connectivity index (χ4n) is 2.87. The van der Waals surface area contributed by atoms with Crippen molar-refractivity contribution in [3.63, 3.8) is 0 Å². The van der Waals surface area contributed by atoms with Gasteiger partial charge in [-0.25, -0.2) is 0 Å². The highest BCUT2D eigenvalue weighted by Crippen LogP contribution is 2.18. The van der Waals surface area contributed by atoms with Crippen molar-refractivity contribution < 1.29 is 4.79 Å². The van der Waals surface area contributed by atoms with Gasteiger partial charge in [0.1, 0.15) is 0 Å². The molecule has 2 rings (SSSR count). The van der Waals surface area contributed by atoms with Crippen molar-refractivity contribution >= 4 is 17.5 Å². The Balaban J connectivity index is 1.83. The van der Waals surface area contributed by atoms with Crippen LogP contribution in [0, 0.1) is 0 Å². The maximum Gasteiger partial charge on any atom is 0.237 e. The molecule has 1 aromatic rings. The van der Waals surface area contributed by atoms with Gasteiger partial charge in [-0.3, -0.25) is 10.1 Å². The molecular weight excluding hydrogens is 284 g/mol. The van der Waals surface area contributed by atoms with Gasteiger partial charge in [0.25, 0.3) is 0 Å². The molecule has 0 saturated heterocycles. The molecule has 4 heteroatoms. The van der Waals surface area contributed by atoms with E-state index in [0.29, 0.717) is 6.04 Å². The zero-order valence-corrected chi connectivity index (χ0v) is 13.6. The van der Waals surface area contributed by atoms with Crippen LogP contribution in [0.15, 0.2) is 24.3 Å². The van der Waals surface area contributed by atoms with Crippen molar-refractivity contribution in [3.05, 3.63) is 34.9 Å². The topological polar surface area (TPSA) is 41.1 Å². The van der Waals surface area contributed by atoms with Gasteiger partial charge in [0, 0.05) is 17.1 Å². The van der Waals surface area contributed by atoms with Crippen LogP contribution in [-0.4, -0.2) is 18.0 Å². The van der Waals surface area contributed by atoms with Gasteiger partial charge in [-0.15, -0.1) is 0 Å². The molecule has 1 unspecified atom stereocenters. The normalized spacial score (nSPS) is 19.0. The number of carbonyl (C=O) groups is 1. The molecule has 1 amide bonds. The molecule has 0 heterocycles. The average Bonchev–Trinajstić information content (AvgIpc) is 2.48. The van der Waals surface area contributed by atoms with E-state index in [4.69, 9.17) is 11.6 Å². The summed E-state index contributed by atoms with van der Waals surface area (Å²) in [4.78, 5) is 12.2. The predicted molar refractivity (Wildman–Crippen MR) is 87.5 cm³/mol. The fourth-order valence-corrected chi connectivity index (χ4v) is 3.00.